The van der Waals surface area contributed by atoms with Crippen molar-refractivity contribution < 1.29 is 0 Å². The summed E-state index contributed by atoms with van der Waals surface area (Å²) >= 11 is 1.80. The minimum Gasteiger partial charge on any atom is -0.356 e. The zero-order chi connectivity index (χ0) is 14.1. The molecular formula is C14H27IN4S. The number of hydrogen-bond donors (Lipinski definition) is 3. The molecule has 20 heavy (non-hydrogen) atoms. The molecule has 0 spiro atoms. The highest BCUT2D eigenvalue weighted by Gasteiger charge is 2.07. The topological polar surface area (TPSA) is 48.5 Å². The van der Waals surface area contributed by atoms with Gasteiger partial charge in [0.15, 0.2) is 5.96 Å². The van der Waals surface area contributed by atoms with E-state index in [4.69, 9.17) is 0 Å². The molecule has 0 fully saturated rings. The number of thiophene rings is 1. The summed E-state index contributed by atoms with van der Waals surface area (Å²) < 4.78 is 0. The van der Waals surface area contributed by atoms with Gasteiger partial charge in [0.25, 0.3) is 0 Å². The van der Waals surface area contributed by atoms with Gasteiger partial charge in [0.2, 0.25) is 0 Å². The molecule has 6 heteroatoms. The third-order valence-electron chi connectivity index (χ3n) is 2.54. The minimum absolute atomic E-state index is 0. The Morgan fingerprint density at radius 2 is 1.90 bits per heavy atom. The molecule has 4 nitrogen and oxygen atoms in total. The second-order valence-electron chi connectivity index (χ2n) is 5.43. The zero-order valence-electron chi connectivity index (χ0n) is 12.8. The molecular weight excluding hydrogens is 383 g/mol. The number of aliphatic imine (C=N–C) groups is 1. The molecule has 1 aromatic rings. The summed E-state index contributed by atoms with van der Waals surface area (Å²) in [7, 11) is 1.80. The number of nitrogens with one attached hydrogen (secondary N) is 3. The third kappa shape index (κ3) is 9.55. The second-order valence-corrected chi connectivity index (χ2v) is 6.46. The molecule has 0 aromatic carbocycles. The first-order chi connectivity index (χ1) is 9.01. The van der Waals surface area contributed by atoms with E-state index < -0.39 is 0 Å². The number of guanidine groups is 1. The highest BCUT2D eigenvalue weighted by atomic mass is 127. The van der Waals surface area contributed by atoms with Crippen LogP contribution in [0.2, 0.25) is 0 Å². The van der Waals surface area contributed by atoms with Gasteiger partial charge in [0, 0.05) is 37.1 Å². The molecule has 116 valence electrons. The first kappa shape index (κ1) is 19.7. The van der Waals surface area contributed by atoms with Crippen molar-refractivity contribution in [2.75, 3.05) is 26.7 Å². The molecule has 1 aromatic heterocycles. The molecule has 0 bridgehead atoms. The molecule has 0 aliphatic heterocycles. The molecule has 1 rings (SSSR count). The molecule has 0 saturated heterocycles. The standard InChI is InChI=1S/C14H26N4S.HI/c1-14(2,3)18-10-9-17-13(15-4)16-8-7-12-6-5-11-19-12;/h5-6,11,18H,7-10H2,1-4H3,(H2,15,16,17);1H. The zero-order valence-corrected chi connectivity index (χ0v) is 16.0. The fraction of sp³-hybridized carbons (Fsp3) is 0.643. The van der Waals surface area contributed by atoms with Crippen LogP contribution in [0.3, 0.4) is 0 Å². The number of hydrogen-bond acceptors (Lipinski definition) is 3. The van der Waals surface area contributed by atoms with Gasteiger partial charge in [-0.05, 0) is 38.6 Å². The van der Waals surface area contributed by atoms with Gasteiger partial charge in [0.05, 0.1) is 0 Å². The van der Waals surface area contributed by atoms with Crippen LogP contribution in [-0.4, -0.2) is 38.2 Å². The van der Waals surface area contributed by atoms with E-state index in [1.807, 2.05) is 0 Å². The number of halogens is 1. The quantitative estimate of drug-likeness (QED) is 0.292. The first-order valence-corrected chi connectivity index (χ1v) is 7.61. The molecule has 0 aliphatic carbocycles. The third-order valence-corrected chi connectivity index (χ3v) is 3.48. The monoisotopic (exact) mass is 410 g/mol. The lowest BCUT2D eigenvalue weighted by Crippen LogP contribution is -2.44. The Labute approximate surface area is 143 Å². The fourth-order valence-corrected chi connectivity index (χ4v) is 2.31. The molecule has 3 N–H and O–H groups in total. The van der Waals surface area contributed by atoms with Crippen molar-refractivity contribution in [2.45, 2.75) is 32.7 Å². The van der Waals surface area contributed by atoms with E-state index in [2.05, 4.69) is 59.2 Å². The Morgan fingerprint density at radius 1 is 1.20 bits per heavy atom. The summed E-state index contributed by atoms with van der Waals surface area (Å²) in [5, 5.41) is 12.2. The lowest BCUT2D eigenvalue weighted by Gasteiger charge is -2.21. The Morgan fingerprint density at radius 3 is 2.45 bits per heavy atom. The van der Waals surface area contributed by atoms with Gasteiger partial charge < -0.3 is 16.0 Å². The van der Waals surface area contributed by atoms with E-state index in [9.17, 15) is 0 Å². The molecule has 0 atom stereocenters. The van der Waals surface area contributed by atoms with E-state index in [1.165, 1.54) is 4.88 Å². The van der Waals surface area contributed by atoms with Crippen LogP contribution in [0.1, 0.15) is 25.6 Å². The summed E-state index contributed by atoms with van der Waals surface area (Å²) in [5.41, 5.74) is 0.164. The Hall–Kier alpha value is -0.340. The maximum Gasteiger partial charge on any atom is 0.191 e. The van der Waals surface area contributed by atoms with Crippen molar-refractivity contribution in [3.05, 3.63) is 22.4 Å². The average Bonchev–Trinajstić information content (AvgIpc) is 2.84. The van der Waals surface area contributed by atoms with Gasteiger partial charge in [-0.2, -0.15) is 0 Å². The van der Waals surface area contributed by atoms with Crippen LogP contribution in [0.15, 0.2) is 22.5 Å². The van der Waals surface area contributed by atoms with E-state index in [1.54, 1.807) is 18.4 Å². The minimum atomic E-state index is 0. The molecule has 0 unspecified atom stereocenters. The Bertz CT molecular complexity index is 371. The van der Waals surface area contributed by atoms with Gasteiger partial charge >= 0.3 is 0 Å². The predicted molar refractivity (Wildman–Crippen MR) is 101 cm³/mol. The van der Waals surface area contributed by atoms with Crippen molar-refractivity contribution >= 4 is 41.3 Å². The Kier molecular flexibility index (Phi) is 10.2. The predicted octanol–water partition coefficient (Wildman–Crippen LogP) is 2.46. The van der Waals surface area contributed by atoms with Gasteiger partial charge in [-0.25, -0.2) is 0 Å². The normalized spacial score (nSPS) is 11.9. The van der Waals surface area contributed by atoms with E-state index in [0.717, 1.165) is 32.0 Å². The lowest BCUT2D eigenvalue weighted by atomic mass is 10.1. The van der Waals surface area contributed by atoms with Crippen LogP contribution < -0.4 is 16.0 Å². The summed E-state index contributed by atoms with van der Waals surface area (Å²) in [5.74, 6) is 0.868. The maximum atomic E-state index is 4.21. The van der Waals surface area contributed by atoms with Crippen molar-refractivity contribution in [2.24, 2.45) is 4.99 Å². The van der Waals surface area contributed by atoms with E-state index >= 15 is 0 Å². The maximum absolute atomic E-state index is 4.21. The van der Waals surface area contributed by atoms with Gasteiger partial charge in [-0.15, -0.1) is 35.3 Å². The van der Waals surface area contributed by atoms with Crippen LogP contribution in [0.25, 0.3) is 0 Å². The number of nitrogens with zero attached hydrogens (tertiary/aromatic N) is 1. The summed E-state index contributed by atoms with van der Waals surface area (Å²) in [4.78, 5) is 5.61. The summed E-state index contributed by atoms with van der Waals surface area (Å²) in [6, 6.07) is 4.25. The van der Waals surface area contributed by atoms with Crippen LogP contribution in [0.4, 0.5) is 0 Å². The van der Waals surface area contributed by atoms with Gasteiger partial charge in [-0.3, -0.25) is 4.99 Å². The van der Waals surface area contributed by atoms with Gasteiger partial charge in [-0.1, -0.05) is 6.07 Å². The number of rotatable bonds is 6. The van der Waals surface area contributed by atoms with E-state index in [0.29, 0.717) is 0 Å². The van der Waals surface area contributed by atoms with Crippen molar-refractivity contribution in [3.63, 3.8) is 0 Å². The van der Waals surface area contributed by atoms with Gasteiger partial charge in [0.1, 0.15) is 0 Å². The second kappa shape index (κ2) is 10.4. The van der Waals surface area contributed by atoms with Crippen molar-refractivity contribution in [1.82, 2.24) is 16.0 Å². The largest absolute Gasteiger partial charge is 0.356 e. The summed E-state index contributed by atoms with van der Waals surface area (Å²) in [6.45, 7) is 9.21. The average molecular weight is 410 g/mol. The van der Waals surface area contributed by atoms with Crippen LogP contribution in [0.5, 0.6) is 0 Å². The van der Waals surface area contributed by atoms with Crippen LogP contribution in [0, 0.1) is 0 Å². The SMILES string of the molecule is CN=C(NCCNC(C)(C)C)NCCc1cccs1.I. The first-order valence-electron chi connectivity index (χ1n) is 6.73. The highest BCUT2D eigenvalue weighted by Crippen LogP contribution is 2.07. The fourth-order valence-electron chi connectivity index (χ4n) is 1.60. The van der Waals surface area contributed by atoms with Crippen LogP contribution in [-0.2, 0) is 6.42 Å². The van der Waals surface area contributed by atoms with E-state index in [-0.39, 0.29) is 29.5 Å². The summed E-state index contributed by atoms with van der Waals surface area (Å²) in [6.07, 6.45) is 1.04. The molecule has 0 amide bonds. The molecule has 1 heterocycles. The van der Waals surface area contributed by atoms with Crippen molar-refractivity contribution in [1.29, 1.82) is 0 Å². The lowest BCUT2D eigenvalue weighted by molar-refractivity contribution is 0.428. The highest BCUT2D eigenvalue weighted by molar-refractivity contribution is 14.0. The molecule has 0 saturated carbocycles. The molecule has 0 radical (unpaired) electrons. The van der Waals surface area contributed by atoms with Crippen molar-refractivity contribution in [3.8, 4) is 0 Å². The van der Waals surface area contributed by atoms with Crippen LogP contribution >= 0.6 is 35.3 Å². The molecule has 0 aliphatic rings. The smallest absolute Gasteiger partial charge is 0.191 e. The Balaban J connectivity index is 0.00000361.